The van der Waals surface area contributed by atoms with Crippen LogP contribution >= 0.6 is 0 Å². The van der Waals surface area contributed by atoms with Gasteiger partial charge in [0.25, 0.3) is 0 Å². The van der Waals surface area contributed by atoms with E-state index in [0.717, 1.165) is 12.8 Å². The molecule has 1 aliphatic rings. The lowest BCUT2D eigenvalue weighted by atomic mass is 9.88. The highest BCUT2D eigenvalue weighted by Crippen LogP contribution is 2.23. The average molecular weight is 247 g/mol. The van der Waals surface area contributed by atoms with Crippen LogP contribution in [0.15, 0.2) is 4.99 Å². The summed E-state index contributed by atoms with van der Waals surface area (Å²) in [5.41, 5.74) is 5.87. The lowest BCUT2D eigenvalue weighted by Gasteiger charge is -2.20. The van der Waals surface area contributed by atoms with E-state index in [2.05, 4.69) is 4.99 Å². The van der Waals surface area contributed by atoms with Crippen LogP contribution in [0.5, 0.6) is 0 Å². The maximum absolute atomic E-state index is 10.7. The Morgan fingerprint density at radius 3 is 2.44 bits per heavy atom. The molecule has 4 N–H and O–H groups in total. The van der Waals surface area contributed by atoms with E-state index in [4.69, 9.17) is 10.9 Å². The second-order valence-corrected chi connectivity index (χ2v) is 6.10. The van der Waals surface area contributed by atoms with Crippen molar-refractivity contribution in [1.82, 2.24) is 0 Å². The molecule has 0 aromatic heterocycles. The minimum Gasteiger partial charge on any atom is -0.387 e. The lowest BCUT2D eigenvalue weighted by Crippen LogP contribution is -2.26. The van der Waals surface area contributed by atoms with Crippen molar-refractivity contribution in [2.45, 2.75) is 38.5 Å². The third-order valence-corrected chi connectivity index (χ3v) is 3.76. The van der Waals surface area contributed by atoms with Gasteiger partial charge in [-0.1, -0.05) is 19.3 Å². The minimum atomic E-state index is -3.36. The quantitative estimate of drug-likeness (QED) is 0.423. The number of aliphatic imine (C=N–C) groups is 1. The largest absolute Gasteiger partial charge is 0.387 e. The monoisotopic (exact) mass is 247 g/mol. The second-order valence-electron chi connectivity index (χ2n) is 4.36. The molecule has 1 saturated carbocycles. The van der Waals surface area contributed by atoms with Gasteiger partial charge in [-0.05, 0) is 19.3 Å². The maximum atomic E-state index is 10.7. The Morgan fingerprint density at radius 2 is 1.88 bits per heavy atom. The third kappa shape index (κ3) is 5.46. The summed E-state index contributed by atoms with van der Waals surface area (Å²) in [5, 5.41) is 4.89. The van der Waals surface area contributed by atoms with Gasteiger partial charge in [0.15, 0.2) is 0 Å². The van der Waals surface area contributed by atoms with E-state index >= 15 is 0 Å². The summed E-state index contributed by atoms with van der Waals surface area (Å²) in [7, 11) is -3.36. The summed E-state index contributed by atoms with van der Waals surface area (Å²) in [6.07, 6.45) is 6.41. The smallest absolute Gasteiger partial charge is 0.209 e. The molecule has 0 unspecified atom stereocenters. The SMILES string of the molecule is NC(=NCCCS(N)(=O)=O)C1CCCCC1. The van der Waals surface area contributed by atoms with Crippen LogP contribution in [0.2, 0.25) is 0 Å². The van der Waals surface area contributed by atoms with E-state index < -0.39 is 10.0 Å². The molecule has 0 radical (unpaired) electrons. The van der Waals surface area contributed by atoms with Gasteiger partial charge in [-0.25, -0.2) is 13.6 Å². The molecule has 0 bridgehead atoms. The first-order chi connectivity index (χ1) is 7.49. The zero-order chi connectivity index (χ0) is 12.0. The molecule has 1 aliphatic carbocycles. The van der Waals surface area contributed by atoms with Gasteiger partial charge in [-0.15, -0.1) is 0 Å². The summed E-state index contributed by atoms with van der Waals surface area (Å²) in [5.74, 6) is 1.08. The number of hydrogen-bond acceptors (Lipinski definition) is 3. The third-order valence-electron chi connectivity index (χ3n) is 2.90. The Balaban J connectivity index is 2.27. The Bertz CT molecular complexity index is 332. The van der Waals surface area contributed by atoms with Gasteiger partial charge < -0.3 is 5.73 Å². The van der Waals surface area contributed by atoms with Gasteiger partial charge in [0.05, 0.1) is 11.6 Å². The fraction of sp³-hybridized carbons (Fsp3) is 0.900. The molecule has 16 heavy (non-hydrogen) atoms. The first kappa shape index (κ1) is 13.4. The molecule has 0 aromatic carbocycles. The van der Waals surface area contributed by atoms with Crippen LogP contribution in [-0.4, -0.2) is 26.6 Å². The van der Waals surface area contributed by atoms with Crippen molar-refractivity contribution in [3.63, 3.8) is 0 Å². The number of amidine groups is 1. The summed E-state index contributed by atoms with van der Waals surface area (Å²) in [6.45, 7) is 0.457. The van der Waals surface area contributed by atoms with E-state index in [1.165, 1.54) is 19.3 Å². The van der Waals surface area contributed by atoms with Crippen molar-refractivity contribution < 1.29 is 8.42 Å². The van der Waals surface area contributed by atoms with E-state index in [9.17, 15) is 8.42 Å². The lowest BCUT2D eigenvalue weighted by molar-refractivity contribution is 0.436. The molecule has 0 aliphatic heterocycles. The van der Waals surface area contributed by atoms with Gasteiger partial charge in [0, 0.05) is 12.5 Å². The summed E-state index contributed by atoms with van der Waals surface area (Å²) < 4.78 is 21.4. The van der Waals surface area contributed by atoms with Crippen molar-refractivity contribution in [3.8, 4) is 0 Å². The molecule has 0 heterocycles. The van der Waals surface area contributed by atoms with Crippen LogP contribution in [0.4, 0.5) is 0 Å². The van der Waals surface area contributed by atoms with Crippen molar-refractivity contribution in [3.05, 3.63) is 0 Å². The van der Waals surface area contributed by atoms with E-state index in [0.29, 0.717) is 24.7 Å². The highest BCUT2D eigenvalue weighted by molar-refractivity contribution is 7.89. The summed E-state index contributed by atoms with van der Waals surface area (Å²) >= 11 is 0. The maximum Gasteiger partial charge on any atom is 0.209 e. The molecule has 0 aromatic rings. The first-order valence-electron chi connectivity index (χ1n) is 5.79. The Morgan fingerprint density at radius 1 is 1.25 bits per heavy atom. The standard InChI is InChI=1S/C10H21N3O2S/c11-10(9-5-2-1-3-6-9)13-7-4-8-16(12,14)15/h9H,1-8H2,(H2,11,13)(H2,12,14,15). The zero-order valence-electron chi connectivity index (χ0n) is 9.56. The van der Waals surface area contributed by atoms with Crippen LogP contribution in [0.1, 0.15) is 38.5 Å². The number of primary sulfonamides is 1. The number of rotatable bonds is 5. The summed E-state index contributed by atoms with van der Waals surface area (Å²) in [4.78, 5) is 4.23. The molecule has 6 heteroatoms. The topological polar surface area (TPSA) is 98.5 Å². The van der Waals surface area contributed by atoms with Crippen LogP contribution < -0.4 is 10.9 Å². The van der Waals surface area contributed by atoms with Crippen LogP contribution in [0, 0.1) is 5.92 Å². The molecular formula is C10H21N3O2S. The fourth-order valence-corrected chi connectivity index (χ4v) is 2.53. The van der Waals surface area contributed by atoms with Gasteiger partial charge >= 0.3 is 0 Å². The Hall–Kier alpha value is -0.620. The first-order valence-corrected chi connectivity index (χ1v) is 7.51. The molecule has 1 rings (SSSR count). The normalized spacial score (nSPS) is 19.9. The Labute approximate surface area is 97.4 Å². The second kappa shape index (κ2) is 6.20. The highest BCUT2D eigenvalue weighted by atomic mass is 32.2. The van der Waals surface area contributed by atoms with Gasteiger partial charge in [0.1, 0.15) is 0 Å². The zero-order valence-corrected chi connectivity index (χ0v) is 10.4. The number of nitrogens with two attached hydrogens (primary N) is 2. The molecule has 1 fully saturated rings. The Kier molecular flexibility index (Phi) is 5.21. The van der Waals surface area contributed by atoms with Gasteiger partial charge in [0.2, 0.25) is 10.0 Å². The molecule has 0 atom stereocenters. The van der Waals surface area contributed by atoms with Crippen molar-refractivity contribution >= 4 is 15.9 Å². The summed E-state index contributed by atoms with van der Waals surface area (Å²) in [6, 6.07) is 0. The van der Waals surface area contributed by atoms with E-state index in [1.54, 1.807) is 0 Å². The number of sulfonamides is 1. The van der Waals surface area contributed by atoms with Crippen LogP contribution in [0.25, 0.3) is 0 Å². The molecular weight excluding hydrogens is 226 g/mol. The molecule has 0 saturated heterocycles. The average Bonchev–Trinajstić information content (AvgIpc) is 2.24. The molecule has 94 valence electrons. The highest BCUT2D eigenvalue weighted by Gasteiger charge is 2.16. The number of hydrogen-bond donors (Lipinski definition) is 2. The molecule has 5 nitrogen and oxygen atoms in total. The van der Waals surface area contributed by atoms with Crippen molar-refractivity contribution in [2.75, 3.05) is 12.3 Å². The van der Waals surface area contributed by atoms with E-state index in [-0.39, 0.29) is 5.75 Å². The van der Waals surface area contributed by atoms with Crippen molar-refractivity contribution in [2.24, 2.45) is 21.8 Å². The minimum absolute atomic E-state index is 0.0194. The van der Waals surface area contributed by atoms with Gasteiger partial charge in [-0.2, -0.15) is 0 Å². The predicted molar refractivity (Wildman–Crippen MR) is 65.7 cm³/mol. The fourth-order valence-electron chi connectivity index (χ4n) is 2.00. The van der Waals surface area contributed by atoms with Crippen LogP contribution in [-0.2, 0) is 10.0 Å². The van der Waals surface area contributed by atoms with Crippen LogP contribution in [0.3, 0.4) is 0 Å². The number of nitrogens with zero attached hydrogens (tertiary/aromatic N) is 1. The van der Waals surface area contributed by atoms with E-state index in [1.807, 2.05) is 0 Å². The molecule has 0 amide bonds. The van der Waals surface area contributed by atoms with Gasteiger partial charge in [-0.3, -0.25) is 4.99 Å². The predicted octanol–water partition coefficient (Wildman–Crippen LogP) is 0.602. The molecule has 0 spiro atoms. The van der Waals surface area contributed by atoms with Crippen molar-refractivity contribution in [1.29, 1.82) is 0 Å².